The first-order valence-corrected chi connectivity index (χ1v) is 8.30. The number of hydrogen-bond donors (Lipinski definition) is 0. The number of rotatable bonds is 3. The van der Waals surface area contributed by atoms with Crippen molar-refractivity contribution in [2.75, 3.05) is 13.1 Å². The minimum atomic E-state index is 0.676. The van der Waals surface area contributed by atoms with Crippen LogP contribution in [0.1, 0.15) is 31.7 Å². The third-order valence-corrected chi connectivity index (χ3v) is 6.04. The fourth-order valence-corrected chi connectivity index (χ4v) is 3.66. The van der Waals surface area contributed by atoms with Gasteiger partial charge in [-0.1, -0.05) is 29.8 Å². The summed E-state index contributed by atoms with van der Waals surface area (Å²) in [6, 6.07) is 0. The zero-order chi connectivity index (χ0) is 13.3. The van der Waals surface area contributed by atoms with Crippen LogP contribution in [0, 0.1) is 5.92 Å². The fourth-order valence-electron chi connectivity index (χ4n) is 2.55. The van der Waals surface area contributed by atoms with Crippen molar-refractivity contribution in [3.05, 3.63) is 15.9 Å². The van der Waals surface area contributed by atoms with Gasteiger partial charge in [-0.15, -0.1) is 0 Å². The second-order valence-electron chi connectivity index (χ2n) is 5.20. The fraction of sp³-hybridized carbons (Fsp3) is 0.769. The highest BCUT2D eigenvalue weighted by molar-refractivity contribution is 9.10. The largest absolute Gasteiger partial charge is 0.297 e. The average Bonchev–Trinajstić information content (AvgIpc) is 2.61. The smallest absolute Gasteiger partial charge is 0.0767 e. The molecule has 0 amide bonds. The highest BCUT2D eigenvalue weighted by Gasteiger charge is 2.25. The molecule has 0 spiro atoms. The zero-order valence-electron chi connectivity index (χ0n) is 11.3. The highest BCUT2D eigenvalue weighted by atomic mass is 79.9. The van der Waals surface area contributed by atoms with Crippen LogP contribution in [0.25, 0.3) is 0 Å². The number of piperidine rings is 1. The van der Waals surface area contributed by atoms with Crippen LogP contribution in [0.3, 0.4) is 0 Å². The number of aromatic nitrogens is 2. The molecule has 1 aromatic rings. The van der Waals surface area contributed by atoms with Crippen molar-refractivity contribution >= 4 is 31.9 Å². The second kappa shape index (κ2) is 6.06. The monoisotopic (exact) mass is 377 g/mol. The molecule has 1 aliphatic heterocycles. The van der Waals surface area contributed by atoms with E-state index in [0.717, 1.165) is 31.1 Å². The van der Waals surface area contributed by atoms with E-state index in [4.69, 9.17) is 0 Å². The molecule has 1 aliphatic rings. The first-order valence-electron chi connectivity index (χ1n) is 6.59. The third-order valence-electron chi connectivity index (χ3n) is 3.76. The molecule has 2 unspecified atom stereocenters. The lowest BCUT2D eigenvalue weighted by atomic mass is 10.00. The molecule has 18 heavy (non-hydrogen) atoms. The van der Waals surface area contributed by atoms with Crippen molar-refractivity contribution in [2.24, 2.45) is 13.0 Å². The molecule has 0 aliphatic carbocycles. The van der Waals surface area contributed by atoms with Gasteiger partial charge in [0.25, 0.3) is 0 Å². The number of hydrogen-bond acceptors (Lipinski definition) is 2. The van der Waals surface area contributed by atoms with E-state index in [2.05, 4.69) is 55.7 Å². The summed E-state index contributed by atoms with van der Waals surface area (Å²) in [5.74, 6) is 0.719. The van der Waals surface area contributed by atoms with Crippen LogP contribution in [0.2, 0.25) is 0 Å². The van der Waals surface area contributed by atoms with Crippen LogP contribution in [0.15, 0.2) is 4.47 Å². The van der Waals surface area contributed by atoms with Crippen molar-refractivity contribution in [1.29, 1.82) is 0 Å². The van der Waals surface area contributed by atoms with Gasteiger partial charge in [-0.25, -0.2) is 0 Å². The van der Waals surface area contributed by atoms with Gasteiger partial charge in [-0.2, -0.15) is 5.10 Å². The van der Waals surface area contributed by atoms with Crippen molar-refractivity contribution < 1.29 is 0 Å². The summed E-state index contributed by atoms with van der Waals surface area (Å²) >= 11 is 7.45. The minimum Gasteiger partial charge on any atom is -0.297 e. The Bertz CT molecular complexity index is 417. The SMILES string of the molecule is CCc1nn(C)c(CN2CCC(Br)C(C)C2)c1Br. The summed E-state index contributed by atoms with van der Waals surface area (Å²) < 4.78 is 3.22. The van der Waals surface area contributed by atoms with E-state index in [1.807, 2.05) is 11.7 Å². The van der Waals surface area contributed by atoms with E-state index < -0.39 is 0 Å². The third kappa shape index (κ3) is 2.99. The molecule has 3 nitrogen and oxygen atoms in total. The van der Waals surface area contributed by atoms with Gasteiger partial charge >= 0.3 is 0 Å². The van der Waals surface area contributed by atoms with E-state index in [1.165, 1.54) is 23.1 Å². The number of halogens is 2. The Balaban J connectivity index is 2.08. The maximum Gasteiger partial charge on any atom is 0.0767 e. The van der Waals surface area contributed by atoms with E-state index in [-0.39, 0.29) is 0 Å². The maximum absolute atomic E-state index is 4.56. The number of likely N-dealkylation sites (tertiary alicyclic amines) is 1. The summed E-state index contributed by atoms with van der Waals surface area (Å²) in [6.07, 6.45) is 2.21. The number of aryl methyl sites for hydroxylation is 2. The Morgan fingerprint density at radius 3 is 2.72 bits per heavy atom. The Labute approximate surface area is 126 Å². The topological polar surface area (TPSA) is 21.1 Å². The minimum absolute atomic E-state index is 0.676. The molecule has 0 saturated carbocycles. The predicted octanol–water partition coefficient (Wildman–Crippen LogP) is 3.35. The molecule has 2 atom stereocenters. The van der Waals surface area contributed by atoms with Gasteiger partial charge in [-0.05, 0) is 41.2 Å². The lowest BCUT2D eigenvalue weighted by molar-refractivity contribution is 0.179. The molecule has 2 rings (SSSR count). The van der Waals surface area contributed by atoms with Crippen LogP contribution < -0.4 is 0 Å². The Morgan fingerprint density at radius 2 is 2.17 bits per heavy atom. The van der Waals surface area contributed by atoms with Crippen LogP contribution >= 0.6 is 31.9 Å². The lowest BCUT2D eigenvalue weighted by Gasteiger charge is -2.34. The summed E-state index contributed by atoms with van der Waals surface area (Å²) in [4.78, 5) is 3.21. The van der Waals surface area contributed by atoms with Gasteiger partial charge in [0, 0.05) is 25.0 Å². The van der Waals surface area contributed by atoms with Crippen LogP contribution in [0.4, 0.5) is 0 Å². The molecule has 0 bridgehead atoms. The van der Waals surface area contributed by atoms with Gasteiger partial charge in [0.2, 0.25) is 0 Å². The first kappa shape index (κ1) is 14.5. The normalized spacial score (nSPS) is 25.6. The van der Waals surface area contributed by atoms with E-state index >= 15 is 0 Å². The molecule has 5 heteroatoms. The van der Waals surface area contributed by atoms with Crippen molar-refractivity contribution in [3.63, 3.8) is 0 Å². The van der Waals surface area contributed by atoms with Crippen molar-refractivity contribution in [1.82, 2.24) is 14.7 Å². The van der Waals surface area contributed by atoms with E-state index in [9.17, 15) is 0 Å². The molecule has 0 aromatic carbocycles. The molecular formula is C13H21Br2N3. The molecule has 1 saturated heterocycles. The summed E-state index contributed by atoms with van der Waals surface area (Å²) in [7, 11) is 2.04. The molecule has 0 radical (unpaired) electrons. The molecule has 2 heterocycles. The molecular weight excluding hydrogens is 358 g/mol. The predicted molar refractivity (Wildman–Crippen MR) is 82.1 cm³/mol. The van der Waals surface area contributed by atoms with Crippen molar-refractivity contribution in [3.8, 4) is 0 Å². The van der Waals surface area contributed by atoms with Crippen LogP contribution in [0.5, 0.6) is 0 Å². The Kier molecular flexibility index (Phi) is 4.89. The van der Waals surface area contributed by atoms with Crippen LogP contribution in [-0.2, 0) is 20.0 Å². The Morgan fingerprint density at radius 1 is 1.44 bits per heavy atom. The summed E-state index contributed by atoms with van der Waals surface area (Å²) in [6.45, 7) is 7.79. The van der Waals surface area contributed by atoms with E-state index in [1.54, 1.807) is 0 Å². The van der Waals surface area contributed by atoms with Gasteiger partial charge in [-0.3, -0.25) is 9.58 Å². The second-order valence-corrected chi connectivity index (χ2v) is 7.17. The average molecular weight is 379 g/mol. The molecule has 102 valence electrons. The highest BCUT2D eigenvalue weighted by Crippen LogP contribution is 2.27. The number of nitrogens with zero attached hydrogens (tertiary/aromatic N) is 3. The van der Waals surface area contributed by atoms with E-state index in [0.29, 0.717) is 4.83 Å². The quantitative estimate of drug-likeness (QED) is 0.752. The summed E-state index contributed by atoms with van der Waals surface area (Å²) in [5.41, 5.74) is 2.46. The standard InChI is InChI=1S/C13H21Br2N3/c1-4-11-13(15)12(17(3)16-11)8-18-6-5-10(14)9(2)7-18/h9-10H,4-8H2,1-3H3. The first-order chi connectivity index (χ1) is 8.52. The molecule has 0 N–H and O–H groups in total. The zero-order valence-corrected chi connectivity index (χ0v) is 14.5. The van der Waals surface area contributed by atoms with Gasteiger partial charge in [0.15, 0.2) is 0 Å². The Hall–Kier alpha value is 0.130. The van der Waals surface area contributed by atoms with Gasteiger partial charge < -0.3 is 0 Å². The lowest BCUT2D eigenvalue weighted by Crippen LogP contribution is -2.39. The molecule has 1 aromatic heterocycles. The number of alkyl halides is 1. The van der Waals surface area contributed by atoms with Gasteiger partial charge in [0.1, 0.15) is 0 Å². The summed E-state index contributed by atoms with van der Waals surface area (Å²) in [5, 5.41) is 4.56. The van der Waals surface area contributed by atoms with Gasteiger partial charge in [0.05, 0.1) is 15.9 Å². The maximum atomic E-state index is 4.56. The van der Waals surface area contributed by atoms with Crippen LogP contribution in [-0.4, -0.2) is 32.6 Å². The molecule has 1 fully saturated rings. The van der Waals surface area contributed by atoms with Crippen molar-refractivity contribution in [2.45, 2.75) is 38.1 Å².